The summed E-state index contributed by atoms with van der Waals surface area (Å²) >= 11 is 0. The fourth-order valence-corrected chi connectivity index (χ4v) is 1.41. The summed E-state index contributed by atoms with van der Waals surface area (Å²) in [6, 6.07) is 6.48. The Hall–Kier alpha value is -1.76. The molecule has 0 spiro atoms. The minimum Gasteiger partial charge on any atom is -0.494 e. The Bertz CT molecular complexity index is 387. The van der Waals surface area contributed by atoms with Crippen molar-refractivity contribution in [1.29, 1.82) is 5.26 Å². The van der Waals surface area contributed by atoms with E-state index in [0.717, 1.165) is 6.42 Å². The second kappa shape index (κ2) is 5.96. The van der Waals surface area contributed by atoms with Crippen molar-refractivity contribution in [2.75, 3.05) is 12.4 Å². The van der Waals surface area contributed by atoms with Crippen molar-refractivity contribution >= 4 is 5.69 Å². The molecule has 1 unspecified atom stereocenters. The van der Waals surface area contributed by atoms with Gasteiger partial charge in [0.2, 0.25) is 0 Å². The van der Waals surface area contributed by atoms with Crippen molar-refractivity contribution in [2.24, 2.45) is 0 Å². The molecule has 0 bridgehead atoms. The Balaban J connectivity index is 2.83. The summed E-state index contributed by atoms with van der Waals surface area (Å²) in [6.45, 7) is 1.99. The van der Waals surface area contributed by atoms with E-state index in [0.29, 0.717) is 17.9 Å². The zero-order valence-corrected chi connectivity index (χ0v) is 9.46. The van der Waals surface area contributed by atoms with Crippen LogP contribution in [-0.2, 0) is 0 Å². The molecule has 0 aliphatic rings. The lowest BCUT2D eigenvalue weighted by Gasteiger charge is -2.17. The minimum absolute atomic E-state index is 0.0596. The molecule has 1 atom stereocenters. The largest absolute Gasteiger partial charge is 0.494 e. The number of hydrogen-bond acceptors (Lipinski definition) is 3. The number of rotatable bonds is 5. The third kappa shape index (κ3) is 3.13. The Labute approximate surface area is 94.8 Å². The van der Waals surface area contributed by atoms with Crippen LogP contribution >= 0.6 is 0 Å². The molecule has 0 amide bonds. The van der Waals surface area contributed by atoms with Crippen molar-refractivity contribution in [2.45, 2.75) is 25.8 Å². The maximum Gasteiger partial charge on any atom is 0.144 e. The second-order valence-electron chi connectivity index (χ2n) is 3.46. The van der Waals surface area contributed by atoms with Gasteiger partial charge in [0.25, 0.3) is 0 Å². The lowest BCUT2D eigenvalue weighted by molar-refractivity contribution is 0.412. The summed E-state index contributed by atoms with van der Waals surface area (Å²) in [4.78, 5) is 0. The number of nitrogens with one attached hydrogen (secondary N) is 1. The lowest BCUT2D eigenvalue weighted by Crippen LogP contribution is -2.18. The zero-order chi connectivity index (χ0) is 12.0. The van der Waals surface area contributed by atoms with Crippen LogP contribution in [0.5, 0.6) is 5.75 Å². The van der Waals surface area contributed by atoms with Crippen molar-refractivity contribution in [3.8, 4) is 11.8 Å². The van der Waals surface area contributed by atoms with Gasteiger partial charge in [-0.15, -0.1) is 0 Å². The molecule has 0 aliphatic carbocycles. The molecule has 0 saturated carbocycles. The van der Waals surface area contributed by atoms with Gasteiger partial charge >= 0.3 is 0 Å². The maximum atomic E-state index is 12.9. The Morgan fingerprint density at radius 3 is 2.88 bits per heavy atom. The molecule has 0 heterocycles. The first-order valence-corrected chi connectivity index (χ1v) is 5.18. The number of hydrogen-bond donors (Lipinski definition) is 1. The molecule has 86 valence electrons. The van der Waals surface area contributed by atoms with Gasteiger partial charge < -0.3 is 10.1 Å². The number of halogens is 1. The van der Waals surface area contributed by atoms with E-state index in [1.807, 2.05) is 6.92 Å². The van der Waals surface area contributed by atoms with E-state index < -0.39 is 0 Å². The highest BCUT2D eigenvalue weighted by Crippen LogP contribution is 2.26. The highest BCUT2D eigenvalue weighted by Gasteiger charge is 2.09. The molecule has 1 aromatic rings. The average Bonchev–Trinajstić information content (AvgIpc) is 2.30. The zero-order valence-electron chi connectivity index (χ0n) is 9.46. The second-order valence-corrected chi connectivity index (χ2v) is 3.46. The van der Waals surface area contributed by atoms with Crippen molar-refractivity contribution in [1.82, 2.24) is 0 Å². The van der Waals surface area contributed by atoms with Crippen LogP contribution in [0, 0.1) is 17.1 Å². The molecule has 1 aromatic carbocycles. The fourth-order valence-electron chi connectivity index (χ4n) is 1.41. The molecular formula is C12H15FN2O. The summed E-state index contributed by atoms with van der Waals surface area (Å²) in [5.41, 5.74) is 0.714. The Morgan fingerprint density at radius 1 is 1.56 bits per heavy atom. The monoisotopic (exact) mass is 222 g/mol. The van der Waals surface area contributed by atoms with Crippen molar-refractivity contribution in [3.05, 3.63) is 24.0 Å². The van der Waals surface area contributed by atoms with E-state index in [1.54, 1.807) is 6.07 Å². The Kier molecular flexibility index (Phi) is 4.59. The van der Waals surface area contributed by atoms with E-state index >= 15 is 0 Å². The van der Waals surface area contributed by atoms with Gasteiger partial charge in [-0.05, 0) is 18.6 Å². The van der Waals surface area contributed by atoms with Gasteiger partial charge in [-0.2, -0.15) is 5.26 Å². The van der Waals surface area contributed by atoms with E-state index in [9.17, 15) is 4.39 Å². The number of ether oxygens (including phenoxy) is 1. The third-order valence-electron chi connectivity index (χ3n) is 2.35. The van der Waals surface area contributed by atoms with Gasteiger partial charge in [0.15, 0.2) is 0 Å². The normalized spacial score (nSPS) is 11.6. The topological polar surface area (TPSA) is 45.0 Å². The average molecular weight is 222 g/mol. The van der Waals surface area contributed by atoms with Gasteiger partial charge in [0.1, 0.15) is 11.6 Å². The van der Waals surface area contributed by atoms with Gasteiger partial charge in [0.05, 0.1) is 25.3 Å². The number of nitrogens with zero attached hydrogens (tertiary/aromatic N) is 1. The van der Waals surface area contributed by atoms with Crippen LogP contribution in [0.1, 0.15) is 19.8 Å². The van der Waals surface area contributed by atoms with Gasteiger partial charge in [-0.25, -0.2) is 4.39 Å². The first kappa shape index (κ1) is 12.3. The smallest absolute Gasteiger partial charge is 0.144 e. The van der Waals surface area contributed by atoms with E-state index in [2.05, 4.69) is 11.4 Å². The number of anilines is 1. The maximum absolute atomic E-state index is 12.9. The predicted molar refractivity (Wildman–Crippen MR) is 60.9 cm³/mol. The molecule has 0 fully saturated rings. The Morgan fingerprint density at radius 2 is 2.31 bits per heavy atom. The summed E-state index contributed by atoms with van der Waals surface area (Å²) in [5, 5.41) is 11.8. The van der Waals surface area contributed by atoms with Crippen molar-refractivity contribution in [3.63, 3.8) is 0 Å². The standard InChI is InChI=1S/C12H15FN2O/c1-3-10(6-7-14)15-11-5-4-9(13)8-12(11)16-2/h4-5,8,10,15H,3,6H2,1-2H3. The molecule has 1 rings (SSSR count). The van der Waals surface area contributed by atoms with Crippen LogP contribution in [0.3, 0.4) is 0 Å². The molecular weight excluding hydrogens is 207 g/mol. The van der Waals surface area contributed by atoms with Crippen LogP contribution in [0.4, 0.5) is 10.1 Å². The fraction of sp³-hybridized carbons (Fsp3) is 0.417. The number of methoxy groups -OCH3 is 1. The quantitative estimate of drug-likeness (QED) is 0.833. The summed E-state index contributed by atoms with van der Waals surface area (Å²) < 4.78 is 18.0. The lowest BCUT2D eigenvalue weighted by atomic mass is 10.1. The van der Waals surface area contributed by atoms with E-state index in [4.69, 9.17) is 10.00 Å². The highest BCUT2D eigenvalue weighted by molar-refractivity contribution is 5.57. The van der Waals surface area contributed by atoms with Crippen LogP contribution < -0.4 is 10.1 Å². The molecule has 0 radical (unpaired) electrons. The summed E-state index contributed by atoms with van der Waals surface area (Å²) in [7, 11) is 1.49. The molecule has 4 heteroatoms. The van der Waals surface area contributed by atoms with E-state index in [1.165, 1.54) is 19.2 Å². The van der Waals surface area contributed by atoms with Gasteiger partial charge in [-0.3, -0.25) is 0 Å². The SMILES string of the molecule is CCC(CC#N)Nc1ccc(F)cc1OC. The van der Waals surface area contributed by atoms with Crippen LogP contribution in [0.2, 0.25) is 0 Å². The van der Waals surface area contributed by atoms with Gasteiger partial charge in [0, 0.05) is 12.1 Å². The predicted octanol–water partition coefficient (Wildman–Crippen LogP) is 2.94. The van der Waals surface area contributed by atoms with Crippen LogP contribution in [-0.4, -0.2) is 13.2 Å². The minimum atomic E-state index is -0.337. The number of benzene rings is 1. The molecule has 3 nitrogen and oxygen atoms in total. The third-order valence-corrected chi connectivity index (χ3v) is 2.35. The van der Waals surface area contributed by atoms with Crippen LogP contribution in [0.15, 0.2) is 18.2 Å². The van der Waals surface area contributed by atoms with Crippen LogP contribution in [0.25, 0.3) is 0 Å². The first-order chi connectivity index (χ1) is 7.71. The summed E-state index contributed by atoms with van der Waals surface area (Å²) in [6.07, 6.45) is 1.24. The molecule has 0 aliphatic heterocycles. The molecule has 0 aromatic heterocycles. The first-order valence-electron chi connectivity index (χ1n) is 5.18. The number of nitriles is 1. The summed E-state index contributed by atoms with van der Waals surface area (Å²) in [5.74, 6) is 0.118. The van der Waals surface area contributed by atoms with Crippen molar-refractivity contribution < 1.29 is 9.13 Å². The van der Waals surface area contributed by atoms with E-state index in [-0.39, 0.29) is 11.9 Å². The van der Waals surface area contributed by atoms with Gasteiger partial charge in [-0.1, -0.05) is 6.92 Å². The highest BCUT2D eigenvalue weighted by atomic mass is 19.1. The molecule has 16 heavy (non-hydrogen) atoms. The molecule has 0 saturated heterocycles. The molecule has 1 N–H and O–H groups in total.